The first-order chi connectivity index (χ1) is 9.63. The maximum atomic E-state index is 11.9. The summed E-state index contributed by atoms with van der Waals surface area (Å²) in [5.74, 6) is -0.339. The van der Waals surface area contributed by atoms with E-state index >= 15 is 0 Å². The Labute approximate surface area is 119 Å². The molecule has 0 radical (unpaired) electrons. The largest absolute Gasteiger partial charge is 0.494 e. The summed E-state index contributed by atoms with van der Waals surface area (Å²) in [6.07, 6.45) is 1.63. The van der Waals surface area contributed by atoms with Crippen LogP contribution in [0.15, 0.2) is 30.3 Å². The normalized spacial score (nSPS) is 10.1. The molecule has 0 unspecified atom stereocenters. The van der Waals surface area contributed by atoms with E-state index in [1.807, 2.05) is 37.3 Å². The van der Waals surface area contributed by atoms with Gasteiger partial charge in [0.2, 0.25) is 5.91 Å². The lowest BCUT2D eigenvalue weighted by atomic mass is 10.2. The van der Waals surface area contributed by atoms with E-state index in [1.165, 1.54) is 4.90 Å². The highest BCUT2D eigenvalue weighted by Crippen LogP contribution is 2.09. The summed E-state index contributed by atoms with van der Waals surface area (Å²) in [5.41, 5.74) is 0. The zero-order valence-corrected chi connectivity index (χ0v) is 11.7. The molecule has 0 saturated carbocycles. The van der Waals surface area contributed by atoms with Crippen molar-refractivity contribution < 1.29 is 19.4 Å². The Morgan fingerprint density at radius 2 is 1.95 bits per heavy atom. The summed E-state index contributed by atoms with van der Waals surface area (Å²) < 4.78 is 5.49. The Kier molecular flexibility index (Phi) is 7.17. The van der Waals surface area contributed by atoms with Crippen LogP contribution in [0.25, 0.3) is 0 Å². The number of hydrogen-bond acceptors (Lipinski definition) is 3. The van der Waals surface area contributed by atoms with E-state index in [2.05, 4.69) is 0 Å². The van der Waals surface area contributed by atoms with Crippen LogP contribution in [-0.2, 0) is 9.59 Å². The summed E-state index contributed by atoms with van der Waals surface area (Å²) in [6.45, 7) is 2.61. The van der Waals surface area contributed by atoms with E-state index in [4.69, 9.17) is 9.84 Å². The third kappa shape index (κ3) is 6.22. The number of aliphatic carboxylic acids is 1. The van der Waals surface area contributed by atoms with Gasteiger partial charge in [-0.1, -0.05) is 25.1 Å². The number of hydrogen-bond donors (Lipinski definition) is 1. The van der Waals surface area contributed by atoms with Crippen LogP contribution >= 0.6 is 0 Å². The Morgan fingerprint density at radius 3 is 2.55 bits per heavy atom. The minimum Gasteiger partial charge on any atom is -0.494 e. The quantitative estimate of drug-likeness (QED) is 0.703. The van der Waals surface area contributed by atoms with Gasteiger partial charge in [0.15, 0.2) is 0 Å². The third-order valence-corrected chi connectivity index (χ3v) is 2.72. The smallest absolute Gasteiger partial charge is 0.323 e. The molecule has 1 N–H and O–H groups in total. The fraction of sp³-hybridized carbons (Fsp3) is 0.467. The van der Waals surface area contributed by atoms with E-state index in [-0.39, 0.29) is 12.5 Å². The van der Waals surface area contributed by atoms with Gasteiger partial charge in [-0.15, -0.1) is 0 Å². The lowest BCUT2D eigenvalue weighted by Gasteiger charge is -2.19. The van der Waals surface area contributed by atoms with Crippen molar-refractivity contribution in [2.75, 3.05) is 19.7 Å². The highest BCUT2D eigenvalue weighted by molar-refractivity contribution is 5.81. The highest BCUT2D eigenvalue weighted by Gasteiger charge is 2.15. The van der Waals surface area contributed by atoms with Crippen molar-refractivity contribution in [3.8, 4) is 5.75 Å². The Balaban J connectivity index is 2.28. The summed E-state index contributed by atoms with van der Waals surface area (Å²) >= 11 is 0. The minimum absolute atomic E-state index is 0.133. The molecule has 0 atom stereocenters. The fourth-order valence-electron chi connectivity index (χ4n) is 1.81. The average molecular weight is 279 g/mol. The van der Waals surface area contributed by atoms with Crippen molar-refractivity contribution in [1.82, 2.24) is 4.90 Å². The van der Waals surface area contributed by atoms with E-state index in [0.717, 1.165) is 12.2 Å². The molecule has 0 spiro atoms. The van der Waals surface area contributed by atoms with Crippen LogP contribution in [0, 0.1) is 0 Å². The van der Waals surface area contributed by atoms with Gasteiger partial charge < -0.3 is 14.7 Å². The molecule has 5 heteroatoms. The molecule has 20 heavy (non-hydrogen) atoms. The highest BCUT2D eigenvalue weighted by atomic mass is 16.5. The maximum absolute atomic E-state index is 11.9. The molecule has 1 aromatic rings. The number of para-hydroxylation sites is 1. The van der Waals surface area contributed by atoms with Gasteiger partial charge in [-0.2, -0.15) is 0 Å². The third-order valence-electron chi connectivity index (χ3n) is 2.72. The number of benzene rings is 1. The van der Waals surface area contributed by atoms with Gasteiger partial charge in [-0.25, -0.2) is 0 Å². The van der Waals surface area contributed by atoms with E-state index in [9.17, 15) is 9.59 Å². The van der Waals surface area contributed by atoms with Gasteiger partial charge in [0.05, 0.1) is 6.61 Å². The average Bonchev–Trinajstić information content (AvgIpc) is 2.43. The van der Waals surface area contributed by atoms with Crippen molar-refractivity contribution >= 4 is 11.9 Å². The first kappa shape index (κ1) is 16.0. The van der Waals surface area contributed by atoms with Crippen LogP contribution in [0.4, 0.5) is 0 Å². The van der Waals surface area contributed by atoms with Crippen LogP contribution in [0.3, 0.4) is 0 Å². The molecule has 110 valence electrons. The van der Waals surface area contributed by atoms with E-state index in [0.29, 0.717) is 26.0 Å². The molecular formula is C15H21NO4. The van der Waals surface area contributed by atoms with Gasteiger partial charge in [0.1, 0.15) is 12.3 Å². The van der Waals surface area contributed by atoms with Gasteiger partial charge in [0.25, 0.3) is 0 Å². The van der Waals surface area contributed by atoms with Crippen LogP contribution in [0.5, 0.6) is 5.75 Å². The summed E-state index contributed by atoms with van der Waals surface area (Å²) in [5, 5.41) is 8.76. The van der Waals surface area contributed by atoms with Gasteiger partial charge in [-0.05, 0) is 25.0 Å². The van der Waals surface area contributed by atoms with Crippen molar-refractivity contribution in [3.63, 3.8) is 0 Å². The first-order valence-electron chi connectivity index (χ1n) is 6.81. The molecule has 1 rings (SSSR count). The Morgan fingerprint density at radius 1 is 1.25 bits per heavy atom. The number of carbonyl (C=O) groups is 2. The molecule has 0 bridgehead atoms. The SMILES string of the molecule is CCCN(CC(=O)O)C(=O)CCCOc1ccccc1. The monoisotopic (exact) mass is 279 g/mol. The second kappa shape index (κ2) is 8.96. The van der Waals surface area contributed by atoms with E-state index < -0.39 is 5.97 Å². The van der Waals surface area contributed by atoms with Gasteiger partial charge in [0, 0.05) is 13.0 Å². The fourth-order valence-corrected chi connectivity index (χ4v) is 1.81. The standard InChI is InChI=1S/C15H21NO4/c1-2-10-16(12-15(18)19)14(17)9-6-11-20-13-7-4-3-5-8-13/h3-5,7-8H,2,6,9-12H2,1H3,(H,18,19). The molecule has 1 aromatic carbocycles. The molecule has 0 saturated heterocycles. The van der Waals surface area contributed by atoms with Crippen molar-refractivity contribution in [1.29, 1.82) is 0 Å². The molecule has 0 aromatic heterocycles. The zero-order valence-electron chi connectivity index (χ0n) is 11.7. The lowest BCUT2D eigenvalue weighted by molar-refractivity contribution is -0.144. The number of carboxylic acid groups (broad SMARTS) is 1. The summed E-state index contributed by atoms with van der Waals surface area (Å²) in [6, 6.07) is 9.39. The first-order valence-corrected chi connectivity index (χ1v) is 6.81. The number of carboxylic acids is 1. The molecular weight excluding hydrogens is 258 g/mol. The van der Waals surface area contributed by atoms with Crippen LogP contribution in [0.1, 0.15) is 26.2 Å². The topological polar surface area (TPSA) is 66.8 Å². The minimum atomic E-state index is -0.979. The van der Waals surface area contributed by atoms with Crippen molar-refractivity contribution in [2.45, 2.75) is 26.2 Å². The molecule has 0 aliphatic carbocycles. The van der Waals surface area contributed by atoms with Gasteiger partial charge in [-0.3, -0.25) is 9.59 Å². The van der Waals surface area contributed by atoms with Gasteiger partial charge >= 0.3 is 5.97 Å². The van der Waals surface area contributed by atoms with Crippen LogP contribution < -0.4 is 4.74 Å². The number of ether oxygens (including phenoxy) is 1. The maximum Gasteiger partial charge on any atom is 0.323 e. The predicted molar refractivity (Wildman–Crippen MR) is 75.7 cm³/mol. The Bertz CT molecular complexity index is 419. The second-order valence-electron chi connectivity index (χ2n) is 4.47. The molecule has 0 aliphatic heterocycles. The number of nitrogens with zero attached hydrogens (tertiary/aromatic N) is 1. The number of amides is 1. The van der Waals surface area contributed by atoms with Crippen molar-refractivity contribution in [3.05, 3.63) is 30.3 Å². The van der Waals surface area contributed by atoms with E-state index in [1.54, 1.807) is 0 Å². The lowest BCUT2D eigenvalue weighted by Crippen LogP contribution is -2.36. The summed E-state index contributed by atoms with van der Waals surface area (Å²) in [4.78, 5) is 24.0. The molecule has 0 fully saturated rings. The van der Waals surface area contributed by atoms with Crippen LogP contribution in [-0.4, -0.2) is 41.6 Å². The number of rotatable bonds is 9. The molecule has 5 nitrogen and oxygen atoms in total. The molecule has 0 heterocycles. The summed E-state index contributed by atoms with van der Waals surface area (Å²) in [7, 11) is 0. The van der Waals surface area contributed by atoms with Crippen LogP contribution in [0.2, 0.25) is 0 Å². The number of carbonyl (C=O) groups excluding carboxylic acids is 1. The predicted octanol–water partition coefficient (Wildman–Crippen LogP) is 2.17. The zero-order chi connectivity index (χ0) is 14.8. The second-order valence-corrected chi connectivity index (χ2v) is 4.47. The Hall–Kier alpha value is -2.04. The molecule has 0 aliphatic rings. The molecule has 1 amide bonds. The van der Waals surface area contributed by atoms with Crippen molar-refractivity contribution in [2.24, 2.45) is 0 Å².